The van der Waals surface area contributed by atoms with E-state index < -0.39 is 30.1 Å². The Morgan fingerprint density at radius 2 is 1.86 bits per heavy atom. The van der Waals surface area contributed by atoms with Crippen molar-refractivity contribution in [1.29, 1.82) is 0 Å². The van der Waals surface area contributed by atoms with Gasteiger partial charge in [0.15, 0.2) is 5.69 Å². The van der Waals surface area contributed by atoms with E-state index >= 15 is 0 Å². The standard InChI is InChI=1S/C14H13F3N2O3/c15-14(16,17)12-6-7-13(21)19(18-12)8-10(20)9-22-11-4-2-1-3-5-11/h1-7,10,20H,8-9H2. The zero-order valence-electron chi connectivity index (χ0n) is 11.3. The van der Waals surface area contributed by atoms with Gasteiger partial charge >= 0.3 is 6.18 Å². The van der Waals surface area contributed by atoms with E-state index in [0.29, 0.717) is 16.5 Å². The third kappa shape index (κ3) is 4.32. The molecule has 5 nitrogen and oxygen atoms in total. The van der Waals surface area contributed by atoms with Crippen molar-refractivity contribution >= 4 is 0 Å². The maximum Gasteiger partial charge on any atom is 0.435 e. The average molecular weight is 314 g/mol. The van der Waals surface area contributed by atoms with Crippen LogP contribution in [0.5, 0.6) is 5.75 Å². The topological polar surface area (TPSA) is 64.4 Å². The number of aliphatic hydroxyl groups is 1. The first kappa shape index (κ1) is 16.0. The minimum absolute atomic E-state index is 0.172. The van der Waals surface area contributed by atoms with Gasteiger partial charge in [-0.1, -0.05) is 18.2 Å². The van der Waals surface area contributed by atoms with Gasteiger partial charge in [0.05, 0.1) is 6.54 Å². The van der Waals surface area contributed by atoms with Crippen LogP contribution in [0.1, 0.15) is 5.69 Å². The van der Waals surface area contributed by atoms with Crippen molar-refractivity contribution in [3.63, 3.8) is 0 Å². The molecule has 0 aliphatic rings. The van der Waals surface area contributed by atoms with Crippen molar-refractivity contribution < 1.29 is 23.0 Å². The molecule has 8 heteroatoms. The fourth-order valence-electron chi connectivity index (χ4n) is 1.69. The predicted octanol–water partition coefficient (Wildman–Crippen LogP) is 1.70. The van der Waals surface area contributed by atoms with Gasteiger partial charge in [0.1, 0.15) is 18.5 Å². The van der Waals surface area contributed by atoms with Gasteiger partial charge in [-0.2, -0.15) is 18.3 Å². The van der Waals surface area contributed by atoms with Gasteiger partial charge in [-0.3, -0.25) is 4.79 Å². The first-order valence-corrected chi connectivity index (χ1v) is 6.37. The molecule has 0 radical (unpaired) electrons. The van der Waals surface area contributed by atoms with Crippen molar-refractivity contribution in [2.75, 3.05) is 6.61 Å². The molecule has 1 aromatic heterocycles. The Hall–Kier alpha value is -2.35. The first-order valence-electron chi connectivity index (χ1n) is 6.37. The number of ether oxygens (including phenoxy) is 1. The molecule has 1 aromatic carbocycles. The Morgan fingerprint density at radius 1 is 1.18 bits per heavy atom. The van der Waals surface area contributed by atoms with E-state index in [1.807, 2.05) is 0 Å². The van der Waals surface area contributed by atoms with Gasteiger partial charge in [0.25, 0.3) is 5.56 Å². The lowest BCUT2D eigenvalue weighted by atomic mass is 10.3. The highest BCUT2D eigenvalue weighted by atomic mass is 19.4. The minimum Gasteiger partial charge on any atom is -0.491 e. The van der Waals surface area contributed by atoms with Crippen LogP contribution in [0.15, 0.2) is 47.3 Å². The maximum atomic E-state index is 12.5. The molecule has 2 aromatic rings. The Bertz CT molecular complexity index is 671. The summed E-state index contributed by atoms with van der Waals surface area (Å²) in [5.41, 5.74) is -1.92. The lowest BCUT2D eigenvalue weighted by Crippen LogP contribution is -2.33. The van der Waals surface area contributed by atoms with E-state index in [1.54, 1.807) is 30.3 Å². The average Bonchev–Trinajstić information content (AvgIpc) is 2.47. The largest absolute Gasteiger partial charge is 0.491 e. The highest BCUT2D eigenvalue weighted by Crippen LogP contribution is 2.26. The minimum atomic E-state index is -4.65. The number of nitrogens with zero attached hydrogens (tertiary/aromatic N) is 2. The predicted molar refractivity (Wildman–Crippen MR) is 71.4 cm³/mol. The molecule has 1 N–H and O–H groups in total. The van der Waals surface area contributed by atoms with Crippen molar-refractivity contribution in [1.82, 2.24) is 9.78 Å². The first-order chi connectivity index (χ1) is 10.4. The second-order valence-corrected chi connectivity index (χ2v) is 4.51. The summed E-state index contributed by atoms with van der Waals surface area (Å²) in [4.78, 5) is 11.5. The number of aliphatic hydroxyl groups excluding tert-OH is 1. The second-order valence-electron chi connectivity index (χ2n) is 4.51. The Kier molecular flexibility index (Phi) is 4.81. The van der Waals surface area contributed by atoms with Crippen molar-refractivity contribution in [2.45, 2.75) is 18.8 Å². The van der Waals surface area contributed by atoms with Gasteiger partial charge in [-0.25, -0.2) is 4.68 Å². The molecule has 0 aliphatic carbocycles. The SMILES string of the molecule is O=c1ccc(C(F)(F)F)nn1CC(O)COc1ccccc1. The molecule has 0 saturated heterocycles. The van der Waals surface area contributed by atoms with Crippen LogP contribution < -0.4 is 10.3 Å². The second kappa shape index (κ2) is 6.61. The number of hydrogen-bond acceptors (Lipinski definition) is 4. The monoisotopic (exact) mass is 314 g/mol. The van der Waals surface area contributed by atoms with Crippen LogP contribution in [0.25, 0.3) is 0 Å². The number of rotatable bonds is 5. The zero-order valence-corrected chi connectivity index (χ0v) is 11.3. The van der Waals surface area contributed by atoms with E-state index in [2.05, 4.69) is 5.10 Å². The fourth-order valence-corrected chi connectivity index (χ4v) is 1.69. The number of alkyl halides is 3. The number of para-hydroxylation sites is 1. The van der Waals surface area contributed by atoms with Gasteiger partial charge in [-0.15, -0.1) is 0 Å². The molecule has 2 rings (SSSR count). The van der Waals surface area contributed by atoms with Crippen molar-refractivity contribution in [3.8, 4) is 5.75 Å². The van der Waals surface area contributed by atoms with Crippen molar-refractivity contribution in [3.05, 3.63) is 58.5 Å². The highest BCUT2D eigenvalue weighted by Gasteiger charge is 2.33. The third-order valence-corrected chi connectivity index (χ3v) is 2.73. The van der Waals surface area contributed by atoms with Crippen LogP contribution in [0.3, 0.4) is 0 Å². The number of hydrogen-bond donors (Lipinski definition) is 1. The van der Waals surface area contributed by atoms with Crippen LogP contribution in [-0.2, 0) is 12.7 Å². The number of benzene rings is 1. The molecular formula is C14H13F3N2O3. The maximum absolute atomic E-state index is 12.5. The molecule has 0 spiro atoms. The summed E-state index contributed by atoms with van der Waals surface area (Å²) in [5, 5.41) is 13.0. The zero-order chi connectivity index (χ0) is 16.2. The summed E-state index contributed by atoms with van der Waals surface area (Å²) in [6, 6.07) is 9.96. The molecular weight excluding hydrogens is 301 g/mol. The van der Waals surface area contributed by atoms with E-state index in [1.165, 1.54) is 0 Å². The van der Waals surface area contributed by atoms with Gasteiger partial charge < -0.3 is 9.84 Å². The summed E-state index contributed by atoms with van der Waals surface area (Å²) < 4.78 is 43.5. The van der Waals surface area contributed by atoms with Gasteiger partial charge in [0.2, 0.25) is 0 Å². The third-order valence-electron chi connectivity index (χ3n) is 2.73. The lowest BCUT2D eigenvalue weighted by molar-refractivity contribution is -0.142. The highest BCUT2D eigenvalue weighted by molar-refractivity contribution is 5.20. The molecule has 0 fully saturated rings. The molecule has 22 heavy (non-hydrogen) atoms. The normalized spacial score (nSPS) is 12.9. The van der Waals surface area contributed by atoms with Crippen LogP contribution in [-0.4, -0.2) is 27.6 Å². The Morgan fingerprint density at radius 3 is 2.50 bits per heavy atom. The number of aromatic nitrogens is 2. The molecule has 0 aliphatic heterocycles. The smallest absolute Gasteiger partial charge is 0.435 e. The Labute approximate surface area is 123 Å². The van der Waals surface area contributed by atoms with E-state index in [0.717, 1.165) is 6.07 Å². The molecule has 0 bridgehead atoms. The molecule has 1 atom stereocenters. The summed E-state index contributed by atoms with van der Waals surface area (Å²) >= 11 is 0. The fraction of sp³-hybridized carbons (Fsp3) is 0.286. The summed E-state index contributed by atoms with van der Waals surface area (Å²) in [5.74, 6) is 0.505. The molecule has 0 saturated carbocycles. The van der Waals surface area contributed by atoms with Gasteiger partial charge in [0, 0.05) is 6.07 Å². The van der Waals surface area contributed by atoms with E-state index in [9.17, 15) is 23.1 Å². The summed E-state index contributed by atoms with van der Waals surface area (Å²) in [6.45, 7) is -0.566. The molecule has 0 amide bonds. The van der Waals surface area contributed by atoms with Crippen molar-refractivity contribution in [2.24, 2.45) is 0 Å². The quantitative estimate of drug-likeness (QED) is 0.912. The Balaban J connectivity index is 2.02. The van der Waals surface area contributed by atoms with Crippen LogP contribution in [0.4, 0.5) is 13.2 Å². The number of halogens is 3. The lowest BCUT2D eigenvalue weighted by Gasteiger charge is -2.14. The molecule has 1 unspecified atom stereocenters. The summed E-state index contributed by atoms with van der Waals surface area (Å²) in [7, 11) is 0. The van der Waals surface area contributed by atoms with E-state index in [4.69, 9.17) is 4.74 Å². The van der Waals surface area contributed by atoms with Crippen LogP contribution in [0, 0.1) is 0 Å². The van der Waals surface area contributed by atoms with Gasteiger partial charge in [-0.05, 0) is 18.2 Å². The molecule has 118 valence electrons. The van der Waals surface area contributed by atoms with E-state index in [-0.39, 0.29) is 6.61 Å². The summed E-state index contributed by atoms with van der Waals surface area (Å²) in [6.07, 6.45) is -5.82. The molecule has 1 heterocycles. The van der Waals surface area contributed by atoms with Crippen LogP contribution >= 0.6 is 0 Å². The van der Waals surface area contributed by atoms with Crippen LogP contribution in [0.2, 0.25) is 0 Å².